The van der Waals surface area contributed by atoms with Crippen LogP contribution in [-0.2, 0) is 28.6 Å². The molecule has 1 atom stereocenters. The molecule has 0 saturated carbocycles. The van der Waals surface area contributed by atoms with Crippen molar-refractivity contribution in [2.75, 3.05) is 13.2 Å². The van der Waals surface area contributed by atoms with Gasteiger partial charge in [0.05, 0.1) is 0 Å². The zero-order valence-corrected chi connectivity index (χ0v) is 44.4. The van der Waals surface area contributed by atoms with Gasteiger partial charge in [-0.25, -0.2) is 0 Å². The first-order valence-corrected chi connectivity index (χ1v) is 28.8. The topological polar surface area (TPSA) is 78.9 Å². The predicted octanol–water partition coefficient (Wildman–Crippen LogP) is 19.2. The molecule has 0 aliphatic carbocycles. The number of carbonyl (C=O) groups is 3. The largest absolute Gasteiger partial charge is 0.462 e. The van der Waals surface area contributed by atoms with E-state index in [1.54, 1.807) is 0 Å². The van der Waals surface area contributed by atoms with Crippen LogP contribution in [-0.4, -0.2) is 37.2 Å². The lowest BCUT2D eigenvalue weighted by atomic mass is 10.0. The summed E-state index contributed by atoms with van der Waals surface area (Å²) in [6, 6.07) is 0. The minimum Gasteiger partial charge on any atom is -0.462 e. The predicted molar refractivity (Wildman–Crippen MR) is 288 cm³/mol. The highest BCUT2D eigenvalue weighted by atomic mass is 16.6. The molecule has 0 radical (unpaired) electrons. The molecule has 0 aromatic carbocycles. The summed E-state index contributed by atoms with van der Waals surface area (Å²) in [5, 5.41) is 0. The van der Waals surface area contributed by atoms with Crippen molar-refractivity contribution in [3.05, 3.63) is 60.8 Å². The fourth-order valence-electron chi connectivity index (χ4n) is 8.19. The van der Waals surface area contributed by atoms with Gasteiger partial charge in [0, 0.05) is 19.3 Å². The maximum Gasteiger partial charge on any atom is 0.306 e. The van der Waals surface area contributed by atoms with E-state index in [0.717, 1.165) is 96.3 Å². The normalized spacial score (nSPS) is 12.5. The Morgan fingerprint density at radius 3 is 0.925 bits per heavy atom. The third kappa shape index (κ3) is 53.9. The maximum atomic E-state index is 12.8. The molecule has 388 valence electrons. The molecule has 0 rings (SSSR count). The molecule has 0 saturated heterocycles. The minimum atomic E-state index is -0.786. The van der Waals surface area contributed by atoms with Crippen LogP contribution in [0.15, 0.2) is 60.8 Å². The van der Waals surface area contributed by atoms with Crippen molar-refractivity contribution in [2.24, 2.45) is 0 Å². The molecule has 0 bridgehead atoms. The molecule has 0 aromatic rings. The molecule has 0 N–H and O–H groups in total. The molecule has 0 aliphatic heterocycles. The van der Waals surface area contributed by atoms with Gasteiger partial charge in [0.15, 0.2) is 6.10 Å². The molecule has 6 heteroatoms. The maximum absolute atomic E-state index is 12.8. The Morgan fingerprint density at radius 2 is 0.582 bits per heavy atom. The van der Waals surface area contributed by atoms with Crippen molar-refractivity contribution >= 4 is 17.9 Å². The summed E-state index contributed by atoms with van der Waals surface area (Å²) in [4.78, 5) is 38.1. The number of esters is 3. The Kier molecular flexibility index (Phi) is 53.3. The fourth-order valence-corrected chi connectivity index (χ4v) is 8.19. The lowest BCUT2D eigenvalue weighted by Crippen LogP contribution is -2.30. The van der Waals surface area contributed by atoms with E-state index in [-0.39, 0.29) is 31.1 Å². The first-order chi connectivity index (χ1) is 33.0. The van der Waals surface area contributed by atoms with E-state index in [1.807, 2.05) is 0 Å². The Hall–Kier alpha value is -2.89. The van der Waals surface area contributed by atoms with Crippen LogP contribution in [0.1, 0.15) is 290 Å². The van der Waals surface area contributed by atoms with E-state index in [2.05, 4.69) is 81.5 Å². The average Bonchev–Trinajstić information content (AvgIpc) is 3.33. The fraction of sp³-hybridized carbons (Fsp3) is 0.787. The molecular weight excluding hydrogens is 829 g/mol. The van der Waals surface area contributed by atoms with Gasteiger partial charge in [-0.1, -0.05) is 248 Å². The number of hydrogen-bond acceptors (Lipinski definition) is 6. The zero-order valence-electron chi connectivity index (χ0n) is 44.4. The van der Waals surface area contributed by atoms with Gasteiger partial charge < -0.3 is 14.2 Å². The van der Waals surface area contributed by atoms with Crippen molar-refractivity contribution in [2.45, 2.75) is 297 Å². The van der Waals surface area contributed by atoms with Gasteiger partial charge in [0.1, 0.15) is 13.2 Å². The second-order valence-electron chi connectivity index (χ2n) is 19.2. The summed E-state index contributed by atoms with van der Waals surface area (Å²) in [6.07, 6.45) is 69.2. The molecule has 0 aliphatic rings. The Labute approximate surface area is 415 Å². The summed E-state index contributed by atoms with van der Waals surface area (Å²) in [7, 11) is 0. The van der Waals surface area contributed by atoms with E-state index in [0.29, 0.717) is 19.3 Å². The van der Waals surface area contributed by atoms with Gasteiger partial charge in [-0.05, 0) is 83.5 Å². The SMILES string of the molecule is CC/C=C\C/C=C\C/C=C\C/C=C\CCCCCCC(=O)O[C@H](COC(=O)CCCCCCCCCCC/C=C\CCCCCCCC)COC(=O)CCCCCCCCCCCCCCC. The third-order valence-corrected chi connectivity index (χ3v) is 12.5. The Bertz CT molecular complexity index is 1210. The highest BCUT2D eigenvalue weighted by Gasteiger charge is 2.19. The van der Waals surface area contributed by atoms with Gasteiger partial charge in [0.25, 0.3) is 0 Å². The smallest absolute Gasteiger partial charge is 0.306 e. The van der Waals surface area contributed by atoms with Crippen molar-refractivity contribution in [3.63, 3.8) is 0 Å². The van der Waals surface area contributed by atoms with Crippen molar-refractivity contribution in [1.29, 1.82) is 0 Å². The van der Waals surface area contributed by atoms with Crippen LogP contribution in [0.5, 0.6) is 0 Å². The molecule has 0 heterocycles. The number of rotatable bonds is 52. The first-order valence-electron chi connectivity index (χ1n) is 28.8. The van der Waals surface area contributed by atoms with Gasteiger partial charge in [-0.15, -0.1) is 0 Å². The second-order valence-corrected chi connectivity index (χ2v) is 19.2. The van der Waals surface area contributed by atoms with Gasteiger partial charge in [0.2, 0.25) is 0 Å². The summed E-state index contributed by atoms with van der Waals surface area (Å²) in [6.45, 7) is 6.53. The zero-order chi connectivity index (χ0) is 48.6. The standard InChI is InChI=1S/C61H108O6/c1-4-7-10-13-16-19-22-25-27-29-30-32-33-36-39-42-45-48-51-54-60(63)66-57-58(56-65-59(62)53-50-47-44-41-38-35-24-21-18-15-12-9-6-3)67-61(64)55-52-49-46-43-40-37-34-31-28-26-23-20-17-14-11-8-5-2/h8,11,17,20,25-28,34,37,58H,4-7,9-10,12-16,18-19,21-24,29-33,35-36,38-57H2,1-3H3/b11-8-,20-17-,27-25-,28-26-,37-34-/t58-/m0/s1. The van der Waals surface area contributed by atoms with Crippen LogP contribution < -0.4 is 0 Å². The summed E-state index contributed by atoms with van der Waals surface area (Å²) in [5.41, 5.74) is 0. The number of ether oxygens (including phenoxy) is 3. The molecule has 0 fully saturated rings. The molecule has 0 unspecified atom stereocenters. The number of unbranched alkanes of at least 4 members (excludes halogenated alkanes) is 31. The van der Waals surface area contributed by atoms with Crippen LogP contribution in [0.25, 0.3) is 0 Å². The number of carbonyl (C=O) groups excluding carboxylic acids is 3. The lowest BCUT2D eigenvalue weighted by Gasteiger charge is -2.18. The molecule has 6 nitrogen and oxygen atoms in total. The molecule has 0 spiro atoms. The third-order valence-electron chi connectivity index (χ3n) is 12.5. The first kappa shape index (κ1) is 64.1. The summed E-state index contributed by atoms with van der Waals surface area (Å²) >= 11 is 0. The van der Waals surface area contributed by atoms with E-state index in [1.165, 1.54) is 154 Å². The lowest BCUT2D eigenvalue weighted by molar-refractivity contribution is -0.167. The van der Waals surface area contributed by atoms with Crippen LogP contribution >= 0.6 is 0 Å². The quantitative estimate of drug-likeness (QED) is 0.0262. The van der Waals surface area contributed by atoms with Crippen LogP contribution in [0.3, 0.4) is 0 Å². The van der Waals surface area contributed by atoms with Crippen molar-refractivity contribution < 1.29 is 28.6 Å². The molecule has 67 heavy (non-hydrogen) atoms. The molecule has 0 aromatic heterocycles. The van der Waals surface area contributed by atoms with E-state index >= 15 is 0 Å². The Morgan fingerprint density at radius 1 is 0.313 bits per heavy atom. The Balaban J connectivity index is 4.38. The van der Waals surface area contributed by atoms with Crippen molar-refractivity contribution in [1.82, 2.24) is 0 Å². The van der Waals surface area contributed by atoms with Crippen LogP contribution in [0.2, 0.25) is 0 Å². The van der Waals surface area contributed by atoms with Gasteiger partial charge in [-0.2, -0.15) is 0 Å². The molecule has 0 amide bonds. The van der Waals surface area contributed by atoms with Gasteiger partial charge >= 0.3 is 17.9 Å². The van der Waals surface area contributed by atoms with Gasteiger partial charge in [-0.3, -0.25) is 14.4 Å². The van der Waals surface area contributed by atoms with E-state index in [4.69, 9.17) is 14.2 Å². The second kappa shape index (κ2) is 55.7. The number of allylic oxidation sites excluding steroid dienone is 10. The number of hydrogen-bond donors (Lipinski definition) is 0. The monoisotopic (exact) mass is 937 g/mol. The average molecular weight is 938 g/mol. The highest BCUT2D eigenvalue weighted by molar-refractivity contribution is 5.71. The van der Waals surface area contributed by atoms with Crippen molar-refractivity contribution in [3.8, 4) is 0 Å². The van der Waals surface area contributed by atoms with E-state index in [9.17, 15) is 14.4 Å². The van der Waals surface area contributed by atoms with Crippen LogP contribution in [0.4, 0.5) is 0 Å². The highest BCUT2D eigenvalue weighted by Crippen LogP contribution is 2.16. The van der Waals surface area contributed by atoms with E-state index < -0.39 is 6.10 Å². The molecular formula is C61H108O6. The summed E-state index contributed by atoms with van der Waals surface area (Å²) in [5.74, 6) is -0.897. The van der Waals surface area contributed by atoms with Crippen LogP contribution in [0, 0.1) is 0 Å². The minimum absolute atomic E-state index is 0.0822. The summed E-state index contributed by atoms with van der Waals surface area (Å²) < 4.78 is 16.9.